The van der Waals surface area contributed by atoms with Crippen LogP contribution in [0.2, 0.25) is 0 Å². The fourth-order valence-electron chi connectivity index (χ4n) is 2.55. The average molecular weight is 387 g/mol. The Kier molecular flexibility index (Phi) is 9.16. The Hall–Kier alpha value is -2.05. The third kappa shape index (κ3) is 6.04. The highest BCUT2D eigenvalue weighted by atomic mass is 35.5. The zero-order valence-corrected chi connectivity index (χ0v) is 15.1. The molecule has 2 rings (SSSR count). The summed E-state index contributed by atoms with van der Waals surface area (Å²) in [7, 11) is 0. The van der Waals surface area contributed by atoms with Gasteiger partial charge in [0.1, 0.15) is 0 Å². The summed E-state index contributed by atoms with van der Waals surface area (Å²) in [6.07, 6.45) is 3.93. The number of carbonyl (C=O) groups is 1. The molecule has 0 spiro atoms. The Balaban J connectivity index is 0.00000338. The predicted molar refractivity (Wildman–Crippen MR) is 99.8 cm³/mol. The van der Waals surface area contributed by atoms with E-state index in [9.17, 15) is 18.0 Å². The minimum absolute atomic E-state index is 0. The Bertz CT molecular complexity index is 717. The van der Waals surface area contributed by atoms with Crippen LogP contribution in [0.5, 0.6) is 0 Å². The normalized spacial score (nSPS) is 10.3. The summed E-state index contributed by atoms with van der Waals surface area (Å²) < 4.78 is 40.1. The topological polar surface area (TPSA) is 55.1 Å². The quantitative estimate of drug-likeness (QED) is 0.493. The first kappa shape index (κ1) is 22.0. The number of unbranched alkanes of at least 4 members (excludes halogenated alkanes) is 3. The number of hydrogen-bond acceptors (Lipinski definition) is 2. The molecule has 142 valence electrons. The molecule has 7 heteroatoms. The number of amides is 1. The third-order valence-corrected chi connectivity index (χ3v) is 3.85. The molecular formula is C19H22ClF3N2O. The second-order valence-electron chi connectivity index (χ2n) is 5.80. The summed E-state index contributed by atoms with van der Waals surface area (Å²) in [5, 5.41) is 2.75. The van der Waals surface area contributed by atoms with Crippen LogP contribution in [0, 0.1) is 17.5 Å². The Morgan fingerprint density at radius 2 is 1.58 bits per heavy atom. The molecule has 0 atom stereocenters. The van der Waals surface area contributed by atoms with Gasteiger partial charge in [0.2, 0.25) is 5.91 Å². The van der Waals surface area contributed by atoms with E-state index in [4.69, 9.17) is 5.73 Å². The molecule has 2 aromatic carbocycles. The summed E-state index contributed by atoms with van der Waals surface area (Å²) in [5.74, 6) is -4.22. The molecular weight excluding hydrogens is 365 g/mol. The molecule has 2 aromatic rings. The summed E-state index contributed by atoms with van der Waals surface area (Å²) >= 11 is 0. The third-order valence-electron chi connectivity index (χ3n) is 3.85. The summed E-state index contributed by atoms with van der Waals surface area (Å²) in [4.78, 5) is 12.1. The zero-order valence-electron chi connectivity index (χ0n) is 14.2. The minimum atomic E-state index is -1.51. The number of rotatable bonds is 8. The highest BCUT2D eigenvalue weighted by Gasteiger charge is 2.14. The SMILES string of the molecule is Cl.NCCCCCCC(=O)Nc1ccccc1-c1cc(F)c(F)c(F)c1. The molecule has 0 radical (unpaired) electrons. The van der Waals surface area contributed by atoms with E-state index in [1.807, 2.05) is 0 Å². The number of nitrogens with one attached hydrogen (secondary N) is 1. The highest BCUT2D eigenvalue weighted by molar-refractivity contribution is 5.95. The summed E-state index contributed by atoms with van der Waals surface area (Å²) in [5.41, 5.74) is 6.44. The molecule has 0 saturated carbocycles. The molecule has 0 fully saturated rings. The molecule has 0 bridgehead atoms. The van der Waals surface area contributed by atoms with Crippen LogP contribution in [-0.2, 0) is 4.79 Å². The molecule has 0 heterocycles. The maximum absolute atomic E-state index is 13.5. The number of carbonyl (C=O) groups excluding carboxylic acids is 1. The van der Waals surface area contributed by atoms with Crippen LogP contribution in [0.1, 0.15) is 32.1 Å². The maximum Gasteiger partial charge on any atom is 0.224 e. The second kappa shape index (κ2) is 10.8. The number of hydrogen-bond donors (Lipinski definition) is 2. The van der Waals surface area contributed by atoms with E-state index in [-0.39, 0.29) is 23.9 Å². The van der Waals surface area contributed by atoms with E-state index in [1.54, 1.807) is 24.3 Å². The van der Waals surface area contributed by atoms with E-state index >= 15 is 0 Å². The first-order valence-corrected chi connectivity index (χ1v) is 8.26. The van der Waals surface area contributed by atoms with Gasteiger partial charge in [0.05, 0.1) is 0 Å². The van der Waals surface area contributed by atoms with E-state index in [0.29, 0.717) is 24.2 Å². The Morgan fingerprint density at radius 1 is 0.962 bits per heavy atom. The predicted octanol–water partition coefficient (Wildman–Crippen LogP) is 5.04. The van der Waals surface area contributed by atoms with Crippen LogP contribution >= 0.6 is 12.4 Å². The van der Waals surface area contributed by atoms with E-state index in [1.165, 1.54) is 0 Å². The summed E-state index contributed by atoms with van der Waals surface area (Å²) in [6, 6.07) is 8.46. The van der Waals surface area contributed by atoms with Gasteiger partial charge < -0.3 is 11.1 Å². The van der Waals surface area contributed by atoms with Crippen molar-refractivity contribution in [3.8, 4) is 11.1 Å². The van der Waals surface area contributed by atoms with Crippen molar-refractivity contribution in [1.82, 2.24) is 0 Å². The van der Waals surface area contributed by atoms with Crippen molar-refractivity contribution >= 4 is 24.0 Å². The van der Waals surface area contributed by atoms with Crippen molar-refractivity contribution in [2.75, 3.05) is 11.9 Å². The first-order chi connectivity index (χ1) is 12.0. The number of halogens is 4. The molecule has 0 saturated heterocycles. The monoisotopic (exact) mass is 386 g/mol. The van der Waals surface area contributed by atoms with E-state index in [0.717, 1.165) is 37.8 Å². The molecule has 1 amide bonds. The van der Waals surface area contributed by atoms with Crippen molar-refractivity contribution in [3.63, 3.8) is 0 Å². The van der Waals surface area contributed by atoms with Gasteiger partial charge in [-0.05, 0) is 43.1 Å². The molecule has 0 aromatic heterocycles. The average Bonchev–Trinajstić information content (AvgIpc) is 2.59. The van der Waals surface area contributed by atoms with Crippen molar-refractivity contribution in [2.45, 2.75) is 32.1 Å². The van der Waals surface area contributed by atoms with Gasteiger partial charge in [0.25, 0.3) is 0 Å². The van der Waals surface area contributed by atoms with Gasteiger partial charge in [-0.25, -0.2) is 13.2 Å². The lowest BCUT2D eigenvalue weighted by atomic mass is 10.0. The molecule has 0 aliphatic heterocycles. The molecule has 3 nitrogen and oxygen atoms in total. The van der Waals surface area contributed by atoms with Crippen LogP contribution in [0.25, 0.3) is 11.1 Å². The van der Waals surface area contributed by atoms with Crippen molar-refractivity contribution in [2.24, 2.45) is 5.73 Å². The van der Waals surface area contributed by atoms with Gasteiger partial charge in [-0.1, -0.05) is 31.0 Å². The number of anilines is 1. The Labute approximate surface area is 157 Å². The van der Waals surface area contributed by atoms with Crippen LogP contribution in [0.3, 0.4) is 0 Å². The fraction of sp³-hybridized carbons (Fsp3) is 0.316. The maximum atomic E-state index is 13.5. The van der Waals surface area contributed by atoms with E-state index in [2.05, 4.69) is 5.32 Å². The van der Waals surface area contributed by atoms with Crippen LogP contribution in [0.4, 0.5) is 18.9 Å². The number of benzene rings is 2. The van der Waals surface area contributed by atoms with Crippen LogP contribution < -0.4 is 11.1 Å². The number of nitrogens with two attached hydrogens (primary N) is 1. The fourth-order valence-corrected chi connectivity index (χ4v) is 2.55. The Morgan fingerprint density at radius 3 is 2.23 bits per heavy atom. The highest BCUT2D eigenvalue weighted by Crippen LogP contribution is 2.30. The molecule has 3 N–H and O–H groups in total. The van der Waals surface area contributed by atoms with Crippen molar-refractivity contribution < 1.29 is 18.0 Å². The van der Waals surface area contributed by atoms with Gasteiger partial charge in [-0.2, -0.15) is 0 Å². The van der Waals surface area contributed by atoms with Gasteiger partial charge in [-0.15, -0.1) is 12.4 Å². The minimum Gasteiger partial charge on any atom is -0.330 e. The molecule has 26 heavy (non-hydrogen) atoms. The van der Waals surface area contributed by atoms with E-state index < -0.39 is 17.5 Å². The largest absolute Gasteiger partial charge is 0.330 e. The summed E-state index contributed by atoms with van der Waals surface area (Å²) in [6.45, 7) is 0.643. The van der Waals surface area contributed by atoms with Gasteiger partial charge >= 0.3 is 0 Å². The lowest BCUT2D eigenvalue weighted by Crippen LogP contribution is -2.12. The first-order valence-electron chi connectivity index (χ1n) is 8.26. The van der Waals surface area contributed by atoms with Gasteiger partial charge in [0.15, 0.2) is 17.5 Å². The second-order valence-corrected chi connectivity index (χ2v) is 5.80. The van der Waals surface area contributed by atoms with Gasteiger partial charge in [0, 0.05) is 17.7 Å². The van der Waals surface area contributed by atoms with Gasteiger partial charge in [-0.3, -0.25) is 4.79 Å². The lowest BCUT2D eigenvalue weighted by Gasteiger charge is -2.12. The standard InChI is InChI=1S/C19H21F3N2O.ClH/c20-15-11-13(12-16(21)19(15)22)14-7-4-5-8-17(14)24-18(25)9-3-1-2-6-10-23;/h4-5,7-8,11-12H,1-3,6,9-10,23H2,(H,24,25);1H. The zero-order chi connectivity index (χ0) is 18.2. The molecule has 0 unspecified atom stereocenters. The van der Waals surface area contributed by atoms with Crippen LogP contribution in [0.15, 0.2) is 36.4 Å². The van der Waals surface area contributed by atoms with Crippen molar-refractivity contribution in [3.05, 3.63) is 53.8 Å². The van der Waals surface area contributed by atoms with Crippen molar-refractivity contribution in [1.29, 1.82) is 0 Å². The lowest BCUT2D eigenvalue weighted by molar-refractivity contribution is -0.116. The van der Waals surface area contributed by atoms with Crippen LogP contribution in [-0.4, -0.2) is 12.5 Å². The molecule has 0 aliphatic carbocycles. The molecule has 0 aliphatic rings. The number of para-hydroxylation sites is 1. The smallest absolute Gasteiger partial charge is 0.224 e.